The zero-order chi connectivity index (χ0) is 16.0. The summed E-state index contributed by atoms with van der Waals surface area (Å²) in [6, 6.07) is 0. The molecule has 9 nitrogen and oxygen atoms in total. The van der Waals surface area contributed by atoms with Gasteiger partial charge in [-0.1, -0.05) is 27.6 Å². The number of aromatic nitrogens is 4. The summed E-state index contributed by atoms with van der Waals surface area (Å²) in [5.74, 6) is 0.0235. The molecule has 0 aromatic carbocycles. The number of halogens is 1. The molecule has 0 bridgehead atoms. The summed E-state index contributed by atoms with van der Waals surface area (Å²) in [6.45, 7) is 0. The fraction of sp³-hybridized carbons (Fsp3) is 0.583. The van der Waals surface area contributed by atoms with E-state index < -0.39 is 18.4 Å². The summed E-state index contributed by atoms with van der Waals surface area (Å²) >= 11 is 2.15. The van der Waals surface area contributed by atoms with Crippen molar-refractivity contribution in [2.45, 2.75) is 24.5 Å². The number of aryl methyl sites for hydroxylation is 1. The maximum Gasteiger partial charge on any atom is 0.313 e. The fourth-order valence-corrected chi connectivity index (χ4v) is 3.51. The first-order valence-electron chi connectivity index (χ1n) is 6.66. The van der Waals surface area contributed by atoms with Crippen LogP contribution < -0.4 is 15.9 Å². The van der Waals surface area contributed by atoms with Crippen LogP contribution in [0.1, 0.15) is 6.23 Å². The first-order valence-corrected chi connectivity index (χ1v) is 8.18. The normalized spacial score (nSPS) is 28.5. The van der Waals surface area contributed by atoms with Crippen LogP contribution in [0.5, 0.6) is 0 Å². The lowest BCUT2D eigenvalue weighted by molar-refractivity contribution is -0.745. The number of anilines is 1. The van der Waals surface area contributed by atoms with Gasteiger partial charge in [0.25, 0.3) is 11.5 Å². The van der Waals surface area contributed by atoms with Crippen LogP contribution in [0.4, 0.5) is 5.95 Å². The van der Waals surface area contributed by atoms with Gasteiger partial charge in [0.05, 0.1) is 13.2 Å². The van der Waals surface area contributed by atoms with Crippen molar-refractivity contribution in [3.8, 4) is 0 Å². The van der Waals surface area contributed by atoms with E-state index in [9.17, 15) is 9.90 Å². The number of aliphatic hydroxyl groups is 1. The van der Waals surface area contributed by atoms with Gasteiger partial charge < -0.3 is 20.3 Å². The van der Waals surface area contributed by atoms with Crippen molar-refractivity contribution in [1.29, 1.82) is 0 Å². The van der Waals surface area contributed by atoms with Gasteiger partial charge in [-0.25, -0.2) is 4.57 Å². The lowest BCUT2D eigenvalue weighted by atomic mass is 10.1. The number of H-pyrrole nitrogens is 1. The van der Waals surface area contributed by atoms with E-state index in [-0.39, 0.29) is 17.6 Å². The maximum absolute atomic E-state index is 12.1. The average Bonchev–Trinajstić information content (AvgIpc) is 2.96. The highest BCUT2D eigenvalue weighted by molar-refractivity contribution is 14.1. The van der Waals surface area contributed by atoms with Gasteiger partial charge in [0.15, 0.2) is 6.33 Å². The number of hydrogen-bond acceptors (Lipinski definition) is 6. The largest absolute Gasteiger partial charge is 0.387 e. The zero-order valence-electron chi connectivity index (χ0n) is 12.1. The van der Waals surface area contributed by atoms with Gasteiger partial charge in [-0.2, -0.15) is 0 Å². The van der Waals surface area contributed by atoms with Crippen LogP contribution in [-0.2, 0) is 16.5 Å². The minimum absolute atomic E-state index is 0.0235. The van der Waals surface area contributed by atoms with Crippen LogP contribution in [0.2, 0.25) is 0 Å². The van der Waals surface area contributed by atoms with Gasteiger partial charge in [-0.15, -0.1) is 0 Å². The smallest absolute Gasteiger partial charge is 0.313 e. The van der Waals surface area contributed by atoms with E-state index in [2.05, 4.69) is 32.6 Å². The maximum atomic E-state index is 12.1. The Hall–Kier alpha value is -1.24. The number of ether oxygens (including phenoxy) is 2. The molecule has 0 spiro atoms. The molecule has 3 rings (SSSR count). The summed E-state index contributed by atoms with van der Waals surface area (Å²) in [7, 11) is 3.25. The number of aliphatic hydroxyl groups excluding tert-OH is 1. The Morgan fingerprint density at radius 2 is 2.41 bits per heavy atom. The predicted octanol–water partition coefficient (Wildman–Crippen LogP) is -1.16. The van der Waals surface area contributed by atoms with Crippen LogP contribution in [0.15, 0.2) is 11.1 Å². The second-order valence-electron chi connectivity index (χ2n) is 5.17. The summed E-state index contributed by atoms with van der Waals surface area (Å²) in [4.78, 5) is 18.7. The number of imidazole rings is 1. The highest BCUT2D eigenvalue weighted by Crippen LogP contribution is 2.29. The molecule has 1 fully saturated rings. The number of nitrogen functional groups attached to an aromatic ring is 1. The molecule has 2 aromatic rings. The predicted molar refractivity (Wildman–Crippen MR) is 85.5 cm³/mol. The number of aromatic amines is 1. The lowest BCUT2D eigenvalue weighted by Crippen LogP contribution is -2.47. The Balaban J connectivity index is 2.16. The van der Waals surface area contributed by atoms with Gasteiger partial charge >= 0.3 is 5.65 Å². The van der Waals surface area contributed by atoms with E-state index in [0.717, 1.165) is 0 Å². The molecule has 1 aliphatic heterocycles. The molecule has 0 saturated carbocycles. The standard InChI is InChI=1S/C12H16IN5O4/c1-17-4-18(9-6(17)10(20)16-12(14)15-9)11-8(21-2)7(19)5(3-13)22-11/h4-5,7-8,11,19H,3H2,1-2H3,(H2-,14,15,16,20)/p+1/t5-,7-,8-,11-/m1/s1. The third-order valence-electron chi connectivity index (χ3n) is 3.80. The molecular weight excluding hydrogens is 405 g/mol. The van der Waals surface area contributed by atoms with Gasteiger partial charge in [0.1, 0.15) is 12.2 Å². The summed E-state index contributed by atoms with van der Waals surface area (Å²) < 4.78 is 15.2. The monoisotopic (exact) mass is 422 g/mol. The van der Waals surface area contributed by atoms with Gasteiger partial charge in [-0.3, -0.25) is 14.3 Å². The molecule has 1 saturated heterocycles. The minimum Gasteiger partial charge on any atom is -0.387 e. The van der Waals surface area contributed by atoms with Crippen molar-refractivity contribution in [1.82, 2.24) is 14.5 Å². The second-order valence-corrected chi connectivity index (χ2v) is 6.05. The molecule has 4 atom stereocenters. The van der Waals surface area contributed by atoms with E-state index in [1.807, 2.05) is 0 Å². The molecule has 0 aliphatic carbocycles. The first kappa shape index (κ1) is 15.6. The Morgan fingerprint density at radius 1 is 1.68 bits per heavy atom. The summed E-state index contributed by atoms with van der Waals surface area (Å²) in [5.41, 5.74) is 6.07. The summed E-state index contributed by atoms with van der Waals surface area (Å²) in [5, 5.41) is 10.3. The van der Waals surface area contributed by atoms with E-state index >= 15 is 0 Å². The Labute approximate surface area is 139 Å². The minimum atomic E-state index is -0.756. The van der Waals surface area contributed by atoms with Crippen molar-refractivity contribution >= 4 is 39.7 Å². The van der Waals surface area contributed by atoms with Crippen LogP contribution in [0.3, 0.4) is 0 Å². The van der Waals surface area contributed by atoms with Crippen molar-refractivity contribution < 1.29 is 19.1 Å². The number of hydrogen-bond donors (Lipinski definition) is 3. The molecule has 1 aliphatic rings. The van der Waals surface area contributed by atoms with Crippen molar-refractivity contribution in [3.05, 3.63) is 16.7 Å². The Kier molecular flexibility index (Phi) is 4.09. The quantitative estimate of drug-likeness (QED) is 0.326. The third-order valence-corrected chi connectivity index (χ3v) is 4.67. The molecule has 4 N–H and O–H groups in total. The molecule has 10 heteroatoms. The van der Waals surface area contributed by atoms with E-state index in [1.165, 1.54) is 7.11 Å². The number of nitrogens with zero attached hydrogens (tertiary/aromatic N) is 3. The highest BCUT2D eigenvalue weighted by Gasteiger charge is 2.47. The Morgan fingerprint density at radius 3 is 3.05 bits per heavy atom. The molecule has 0 unspecified atom stereocenters. The van der Waals surface area contributed by atoms with Crippen LogP contribution in [-0.4, -0.2) is 49.5 Å². The molecule has 0 amide bonds. The second kappa shape index (κ2) is 5.76. The van der Waals surface area contributed by atoms with Crippen molar-refractivity contribution in [3.63, 3.8) is 0 Å². The molecule has 2 aromatic heterocycles. The fourth-order valence-electron chi connectivity index (χ4n) is 2.78. The van der Waals surface area contributed by atoms with E-state index in [4.69, 9.17) is 15.2 Å². The number of methoxy groups -OCH3 is 1. The van der Waals surface area contributed by atoms with Crippen molar-refractivity contribution in [2.75, 3.05) is 17.3 Å². The zero-order valence-corrected chi connectivity index (χ0v) is 14.2. The highest BCUT2D eigenvalue weighted by atomic mass is 127. The number of nitrogens with one attached hydrogen (secondary N) is 1. The third kappa shape index (κ3) is 2.30. The van der Waals surface area contributed by atoms with E-state index in [0.29, 0.717) is 15.6 Å². The molecular formula is C12H17IN5O4+. The van der Waals surface area contributed by atoms with Crippen LogP contribution in [0, 0.1) is 0 Å². The Bertz CT molecular complexity index is 760. The number of alkyl halides is 1. The SMILES string of the molecule is CO[C@@H]1[C@H](O)[C@@H](CI)O[C@H]1[n+]1cn(C)c2c(=O)[nH]c(N)nc21. The topological polar surface area (TPSA) is 119 Å². The molecule has 22 heavy (non-hydrogen) atoms. The molecule has 0 radical (unpaired) electrons. The van der Waals surface area contributed by atoms with Gasteiger partial charge in [0.2, 0.25) is 11.7 Å². The number of rotatable bonds is 3. The average molecular weight is 422 g/mol. The van der Waals surface area contributed by atoms with Crippen molar-refractivity contribution in [2.24, 2.45) is 7.05 Å². The molecule has 120 valence electrons. The number of nitrogens with two attached hydrogens (primary N) is 1. The van der Waals surface area contributed by atoms with Gasteiger partial charge in [-0.05, 0) is 0 Å². The lowest BCUT2D eigenvalue weighted by Gasteiger charge is -2.16. The van der Waals surface area contributed by atoms with E-state index in [1.54, 1.807) is 22.5 Å². The van der Waals surface area contributed by atoms with Crippen LogP contribution >= 0.6 is 22.6 Å². The first-order chi connectivity index (χ1) is 10.5. The summed E-state index contributed by atoms with van der Waals surface area (Å²) in [6.07, 6.45) is -0.563. The van der Waals surface area contributed by atoms with Crippen LogP contribution in [0.25, 0.3) is 11.2 Å². The van der Waals surface area contributed by atoms with Gasteiger partial charge in [0, 0.05) is 11.5 Å². The number of fused-ring (bicyclic) bond motifs is 1. The molecule has 3 heterocycles.